The van der Waals surface area contributed by atoms with Gasteiger partial charge in [-0.05, 0) is 26.0 Å². The molecule has 0 aromatic heterocycles. The summed E-state index contributed by atoms with van der Waals surface area (Å²) in [5.74, 6) is 0.138. The highest BCUT2D eigenvalue weighted by Gasteiger charge is 2.33. The third-order valence-corrected chi connectivity index (χ3v) is 3.31. The first-order chi connectivity index (χ1) is 10.5. The summed E-state index contributed by atoms with van der Waals surface area (Å²) in [7, 11) is 0. The standard InChI is InChI=1S/C16H15NO5/c1-9-7-12(19)15(10(2)18)16(22-9)17-11-3-4-13-14(8-11)21-6-5-20-13/h3-4,7-8,15H,5-6H2,1-2H3. The number of fused-ring (bicyclic) bond motifs is 1. The minimum atomic E-state index is -0.989. The van der Waals surface area contributed by atoms with Gasteiger partial charge in [-0.3, -0.25) is 9.59 Å². The lowest BCUT2D eigenvalue weighted by atomic mass is 9.97. The Kier molecular flexibility index (Phi) is 3.66. The van der Waals surface area contributed by atoms with Gasteiger partial charge in [0.1, 0.15) is 24.8 Å². The summed E-state index contributed by atoms with van der Waals surface area (Å²) < 4.78 is 16.4. The maximum atomic E-state index is 12.0. The normalized spacial score (nSPS) is 22.1. The van der Waals surface area contributed by atoms with Gasteiger partial charge in [0, 0.05) is 12.1 Å². The van der Waals surface area contributed by atoms with Crippen LogP contribution in [0.4, 0.5) is 5.69 Å². The molecule has 0 amide bonds. The summed E-state index contributed by atoms with van der Waals surface area (Å²) in [6.45, 7) is 3.97. The first kappa shape index (κ1) is 14.3. The monoisotopic (exact) mass is 301 g/mol. The summed E-state index contributed by atoms with van der Waals surface area (Å²) in [6.07, 6.45) is 1.31. The van der Waals surface area contributed by atoms with Crippen LogP contribution in [0, 0.1) is 5.92 Å². The molecule has 2 aliphatic rings. The van der Waals surface area contributed by atoms with Gasteiger partial charge in [-0.15, -0.1) is 0 Å². The molecule has 0 bridgehead atoms. The molecule has 1 atom stereocenters. The van der Waals surface area contributed by atoms with Crippen molar-refractivity contribution in [3.05, 3.63) is 30.0 Å². The predicted octanol–water partition coefficient (Wildman–Crippen LogP) is 2.20. The lowest BCUT2D eigenvalue weighted by Gasteiger charge is -2.21. The highest BCUT2D eigenvalue weighted by Crippen LogP contribution is 2.34. The largest absolute Gasteiger partial charge is 0.486 e. The van der Waals surface area contributed by atoms with E-state index in [9.17, 15) is 9.59 Å². The smallest absolute Gasteiger partial charge is 0.213 e. The Morgan fingerprint density at radius 3 is 2.68 bits per heavy atom. The van der Waals surface area contributed by atoms with Gasteiger partial charge in [-0.2, -0.15) is 0 Å². The number of ketones is 2. The molecule has 0 N–H and O–H groups in total. The molecule has 0 aliphatic carbocycles. The molecule has 1 aromatic carbocycles. The number of carbonyl (C=O) groups is 2. The minimum absolute atomic E-state index is 0.0918. The fourth-order valence-electron chi connectivity index (χ4n) is 2.35. The van der Waals surface area contributed by atoms with Gasteiger partial charge in [0.15, 0.2) is 23.2 Å². The first-order valence-corrected chi connectivity index (χ1v) is 6.93. The molecular weight excluding hydrogens is 286 g/mol. The highest BCUT2D eigenvalue weighted by atomic mass is 16.6. The van der Waals surface area contributed by atoms with Crippen LogP contribution in [0.3, 0.4) is 0 Å². The van der Waals surface area contributed by atoms with Crippen molar-refractivity contribution >= 4 is 23.2 Å². The van der Waals surface area contributed by atoms with E-state index in [-0.39, 0.29) is 17.5 Å². The Labute approximate surface area is 127 Å². The lowest BCUT2D eigenvalue weighted by Crippen LogP contribution is -2.34. The Hall–Kier alpha value is -2.63. The van der Waals surface area contributed by atoms with E-state index in [1.165, 1.54) is 13.0 Å². The third-order valence-electron chi connectivity index (χ3n) is 3.31. The fraction of sp³-hybridized carbons (Fsp3) is 0.312. The summed E-state index contributed by atoms with van der Waals surface area (Å²) in [4.78, 5) is 28.0. The number of aliphatic imine (C=N–C) groups is 1. The van der Waals surface area contributed by atoms with Gasteiger partial charge >= 0.3 is 0 Å². The van der Waals surface area contributed by atoms with Crippen molar-refractivity contribution in [3.63, 3.8) is 0 Å². The molecule has 1 aromatic rings. The van der Waals surface area contributed by atoms with Crippen LogP contribution in [-0.2, 0) is 14.3 Å². The lowest BCUT2D eigenvalue weighted by molar-refractivity contribution is -0.127. The molecule has 2 heterocycles. The molecule has 1 unspecified atom stereocenters. The van der Waals surface area contributed by atoms with Crippen LogP contribution in [0.5, 0.6) is 11.5 Å². The van der Waals surface area contributed by atoms with E-state index < -0.39 is 5.92 Å². The first-order valence-electron chi connectivity index (χ1n) is 6.93. The zero-order chi connectivity index (χ0) is 15.7. The molecular formula is C16H15NO5. The van der Waals surface area contributed by atoms with Crippen LogP contribution in [-0.4, -0.2) is 30.7 Å². The summed E-state index contributed by atoms with van der Waals surface area (Å²) in [6, 6.07) is 5.16. The number of benzene rings is 1. The topological polar surface area (TPSA) is 74.2 Å². The second kappa shape index (κ2) is 5.63. The molecule has 0 radical (unpaired) electrons. The number of hydrogen-bond acceptors (Lipinski definition) is 6. The quantitative estimate of drug-likeness (QED) is 0.783. The molecule has 0 saturated carbocycles. The molecule has 114 valence electrons. The number of ether oxygens (including phenoxy) is 3. The van der Waals surface area contributed by atoms with E-state index in [1.807, 2.05) is 0 Å². The van der Waals surface area contributed by atoms with E-state index in [1.54, 1.807) is 25.1 Å². The zero-order valence-corrected chi connectivity index (χ0v) is 12.3. The maximum absolute atomic E-state index is 12.0. The molecule has 3 rings (SSSR count). The average molecular weight is 301 g/mol. The second-order valence-corrected chi connectivity index (χ2v) is 5.08. The number of Topliss-reactive ketones (excluding diaryl/α,β-unsaturated/α-hetero) is 1. The Morgan fingerprint density at radius 1 is 1.23 bits per heavy atom. The van der Waals surface area contributed by atoms with Crippen LogP contribution >= 0.6 is 0 Å². The predicted molar refractivity (Wildman–Crippen MR) is 78.5 cm³/mol. The summed E-state index contributed by atoms with van der Waals surface area (Å²) in [5, 5.41) is 0. The van der Waals surface area contributed by atoms with E-state index in [4.69, 9.17) is 14.2 Å². The molecule has 22 heavy (non-hydrogen) atoms. The Bertz CT molecular complexity index is 704. The number of rotatable bonds is 2. The van der Waals surface area contributed by atoms with Crippen molar-refractivity contribution in [2.45, 2.75) is 13.8 Å². The highest BCUT2D eigenvalue weighted by molar-refractivity contribution is 6.23. The van der Waals surface area contributed by atoms with E-state index in [0.717, 1.165) is 0 Å². The average Bonchev–Trinajstić information content (AvgIpc) is 2.46. The van der Waals surface area contributed by atoms with Crippen LogP contribution in [0.2, 0.25) is 0 Å². The van der Waals surface area contributed by atoms with Crippen molar-refractivity contribution < 1.29 is 23.8 Å². The van der Waals surface area contributed by atoms with Crippen LogP contribution in [0.1, 0.15) is 13.8 Å². The maximum Gasteiger partial charge on any atom is 0.213 e. The van der Waals surface area contributed by atoms with Gasteiger partial charge in [-0.25, -0.2) is 4.99 Å². The van der Waals surface area contributed by atoms with Gasteiger partial charge in [0.2, 0.25) is 5.90 Å². The van der Waals surface area contributed by atoms with Crippen molar-refractivity contribution in [2.24, 2.45) is 10.9 Å². The van der Waals surface area contributed by atoms with Gasteiger partial charge in [0.05, 0.1) is 5.69 Å². The third kappa shape index (κ3) is 2.72. The van der Waals surface area contributed by atoms with Gasteiger partial charge in [0.25, 0.3) is 0 Å². The molecule has 0 fully saturated rings. The van der Waals surface area contributed by atoms with Crippen LogP contribution in [0.15, 0.2) is 35.0 Å². The molecule has 0 spiro atoms. The number of allylic oxidation sites excluding steroid dienone is 2. The molecule has 0 saturated heterocycles. The minimum Gasteiger partial charge on any atom is -0.486 e. The number of hydrogen-bond donors (Lipinski definition) is 0. The van der Waals surface area contributed by atoms with Crippen molar-refractivity contribution in [2.75, 3.05) is 13.2 Å². The van der Waals surface area contributed by atoms with Gasteiger partial charge in [-0.1, -0.05) is 0 Å². The van der Waals surface area contributed by atoms with Gasteiger partial charge < -0.3 is 14.2 Å². The van der Waals surface area contributed by atoms with E-state index in [0.29, 0.717) is 36.2 Å². The SMILES string of the molecule is CC(=O)C1C(=O)C=C(C)OC1=Nc1ccc2c(c1)OCCO2. The molecule has 6 nitrogen and oxygen atoms in total. The molecule has 2 aliphatic heterocycles. The van der Waals surface area contributed by atoms with Crippen molar-refractivity contribution in [1.82, 2.24) is 0 Å². The number of carbonyl (C=O) groups excluding carboxylic acids is 2. The summed E-state index contributed by atoms with van der Waals surface area (Å²) >= 11 is 0. The Morgan fingerprint density at radius 2 is 1.95 bits per heavy atom. The van der Waals surface area contributed by atoms with Crippen LogP contribution < -0.4 is 9.47 Å². The van der Waals surface area contributed by atoms with Crippen molar-refractivity contribution in [3.8, 4) is 11.5 Å². The van der Waals surface area contributed by atoms with E-state index >= 15 is 0 Å². The van der Waals surface area contributed by atoms with E-state index in [2.05, 4.69) is 4.99 Å². The zero-order valence-electron chi connectivity index (χ0n) is 12.3. The fourth-order valence-corrected chi connectivity index (χ4v) is 2.35. The second-order valence-electron chi connectivity index (χ2n) is 5.08. The Balaban J connectivity index is 1.97. The van der Waals surface area contributed by atoms with Crippen molar-refractivity contribution in [1.29, 1.82) is 0 Å². The summed E-state index contributed by atoms with van der Waals surface area (Å²) in [5.41, 5.74) is 0.535. The van der Waals surface area contributed by atoms with Crippen LogP contribution in [0.25, 0.3) is 0 Å². The molecule has 6 heteroatoms. The number of nitrogens with zero attached hydrogens (tertiary/aromatic N) is 1.